The van der Waals surface area contributed by atoms with Crippen LogP contribution < -0.4 is 10.6 Å². The smallest absolute Gasteiger partial charge is 0.277 e. The molecule has 0 atom stereocenters. The van der Waals surface area contributed by atoms with Crippen LogP contribution in [0.4, 0.5) is 5.69 Å². The molecule has 0 aliphatic carbocycles. The fourth-order valence-electron chi connectivity index (χ4n) is 1.53. The molecule has 0 unspecified atom stereocenters. The van der Waals surface area contributed by atoms with Gasteiger partial charge in [0.2, 0.25) is 0 Å². The first-order chi connectivity index (χ1) is 8.79. The molecule has 0 bridgehead atoms. The van der Waals surface area contributed by atoms with Crippen molar-refractivity contribution in [3.63, 3.8) is 0 Å². The van der Waals surface area contributed by atoms with Gasteiger partial charge in [-0.2, -0.15) is 15.4 Å². The van der Waals surface area contributed by atoms with Crippen molar-refractivity contribution in [1.29, 1.82) is 0 Å². The van der Waals surface area contributed by atoms with Crippen LogP contribution >= 0.6 is 0 Å². The van der Waals surface area contributed by atoms with E-state index in [4.69, 9.17) is 0 Å². The maximum absolute atomic E-state index is 11.8. The number of hydrogen-bond acceptors (Lipinski definition) is 4. The maximum atomic E-state index is 11.8. The standard InChI is InChI=1S/C12H15N5O/c1-2-13-7-9-4-3-5-10(6-9)15-12(18)11-8-14-17-16-11/h3-6,8,13H,2,7H2,1H3,(H,15,18)(H,14,16,17). The van der Waals surface area contributed by atoms with E-state index >= 15 is 0 Å². The second-order valence-corrected chi connectivity index (χ2v) is 3.79. The first kappa shape index (κ1) is 12.3. The summed E-state index contributed by atoms with van der Waals surface area (Å²) in [4.78, 5) is 11.8. The molecule has 0 aliphatic heterocycles. The molecule has 0 aliphatic rings. The van der Waals surface area contributed by atoms with Crippen LogP contribution in [0.25, 0.3) is 0 Å². The van der Waals surface area contributed by atoms with Gasteiger partial charge < -0.3 is 10.6 Å². The third-order valence-corrected chi connectivity index (χ3v) is 2.41. The van der Waals surface area contributed by atoms with Crippen molar-refractivity contribution in [2.45, 2.75) is 13.5 Å². The average molecular weight is 245 g/mol. The van der Waals surface area contributed by atoms with Gasteiger partial charge in [0.25, 0.3) is 5.91 Å². The first-order valence-electron chi connectivity index (χ1n) is 5.76. The molecule has 2 rings (SSSR count). The second-order valence-electron chi connectivity index (χ2n) is 3.79. The van der Waals surface area contributed by atoms with E-state index in [2.05, 4.69) is 33.0 Å². The molecule has 1 heterocycles. The Labute approximate surface area is 105 Å². The molecular weight excluding hydrogens is 230 g/mol. The number of hydrogen-bond donors (Lipinski definition) is 3. The molecule has 0 saturated heterocycles. The Morgan fingerprint density at radius 2 is 2.33 bits per heavy atom. The summed E-state index contributed by atoms with van der Waals surface area (Å²) in [6.07, 6.45) is 1.39. The number of anilines is 1. The lowest BCUT2D eigenvalue weighted by molar-refractivity contribution is 0.102. The minimum absolute atomic E-state index is 0.270. The summed E-state index contributed by atoms with van der Waals surface area (Å²) >= 11 is 0. The van der Waals surface area contributed by atoms with Crippen molar-refractivity contribution in [3.8, 4) is 0 Å². The Kier molecular flexibility index (Phi) is 4.03. The number of nitrogens with zero attached hydrogens (tertiary/aromatic N) is 2. The van der Waals surface area contributed by atoms with Crippen LogP contribution in [-0.2, 0) is 6.54 Å². The number of benzene rings is 1. The summed E-state index contributed by atoms with van der Waals surface area (Å²) in [5.41, 5.74) is 2.14. The molecule has 0 radical (unpaired) electrons. The Morgan fingerprint density at radius 1 is 1.44 bits per heavy atom. The molecule has 0 spiro atoms. The average Bonchev–Trinajstić information content (AvgIpc) is 2.91. The van der Waals surface area contributed by atoms with Crippen molar-refractivity contribution in [2.75, 3.05) is 11.9 Å². The molecule has 0 fully saturated rings. The fourth-order valence-corrected chi connectivity index (χ4v) is 1.53. The highest BCUT2D eigenvalue weighted by molar-refractivity contribution is 6.02. The van der Waals surface area contributed by atoms with Crippen LogP contribution in [0.2, 0.25) is 0 Å². The number of aromatic amines is 1. The number of rotatable bonds is 5. The lowest BCUT2D eigenvalue weighted by Gasteiger charge is -2.06. The van der Waals surface area contributed by atoms with Gasteiger partial charge in [0, 0.05) is 12.2 Å². The number of carbonyl (C=O) groups excluding carboxylic acids is 1. The molecule has 6 heteroatoms. The topological polar surface area (TPSA) is 82.7 Å². The van der Waals surface area contributed by atoms with Crippen LogP contribution in [0.15, 0.2) is 30.5 Å². The van der Waals surface area contributed by atoms with Gasteiger partial charge in [0.1, 0.15) is 0 Å². The number of carbonyl (C=O) groups is 1. The maximum Gasteiger partial charge on any atom is 0.277 e. The van der Waals surface area contributed by atoms with Gasteiger partial charge in [-0.1, -0.05) is 19.1 Å². The molecule has 1 amide bonds. The zero-order chi connectivity index (χ0) is 12.8. The summed E-state index contributed by atoms with van der Waals surface area (Å²) in [5.74, 6) is -0.274. The quantitative estimate of drug-likeness (QED) is 0.738. The van der Waals surface area contributed by atoms with Crippen LogP contribution in [0.5, 0.6) is 0 Å². The zero-order valence-electron chi connectivity index (χ0n) is 10.1. The Morgan fingerprint density at radius 3 is 3.06 bits per heavy atom. The number of amides is 1. The molecule has 2 aromatic rings. The molecule has 1 aromatic heterocycles. The SMILES string of the molecule is CCNCc1cccc(NC(=O)c2cn[nH]n2)c1. The minimum atomic E-state index is -0.274. The highest BCUT2D eigenvalue weighted by Gasteiger charge is 2.08. The van der Waals surface area contributed by atoms with Crippen LogP contribution in [0.1, 0.15) is 23.0 Å². The van der Waals surface area contributed by atoms with Gasteiger partial charge in [-0.05, 0) is 24.2 Å². The minimum Gasteiger partial charge on any atom is -0.321 e. The van der Waals surface area contributed by atoms with Crippen molar-refractivity contribution in [3.05, 3.63) is 41.7 Å². The van der Waals surface area contributed by atoms with E-state index in [1.807, 2.05) is 24.3 Å². The Hall–Kier alpha value is -2.21. The van der Waals surface area contributed by atoms with Crippen molar-refractivity contribution >= 4 is 11.6 Å². The third kappa shape index (κ3) is 3.14. The van der Waals surface area contributed by atoms with Gasteiger partial charge in [-0.3, -0.25) is 4.79 Å². The number of H-pyrrole nitrogens is 1. The molecule has 6 nitrogen and oxygen atoms in total. The third-order valence-electron chi connectivity index (χ3n) is 2.41. The summed E-state index contributed by atoms with van der Waals surface area (Å²) in [5, 5.41) is 15.7. The van der Waals surface area contributed by atoms with Gasteiger partial charge in [0.15, 0.2) is 5.69 Å². The molecule has 3 N–H and O–H groups in total. The number of aromatic nitrogens is 3. The van der Waals surface area contributed by atoms with Crippen LogP contribution in [0.3, 0.4) is 0 Å². The zero-order valence-corrected chi connectivity index (χ0v) is 10.1. The van der Waals surface area contributed by atoms with E-state index in [1.165, 1.54) is 6.20 Å². The fraction of sp³-hybridized carbons (Fsp3) is 0.250. The summed E-state index contributed by atoms with van der Waals surface area (Å²) in [6.45, 7) is 3.75. The van der Waals surface area contributed by atoms with E-state index in [0.717, 1.165) is 24.3 Å². The molecular formula is C12H15N5O. The molecule has 0 saturated carbocycles. The van der Waals surface area contributed by atoms with Crippen molar-refractivity contribution in [2.24, 2.45) is 0 Å². The molecule has 94 valence electrons. The van der Waals surface area contributed by atoms with Gasteiger partial charge in [0.05, 0.1) is 6.20 Å². The highest BCUT2D eigenvalue weighted by atomic mass is 16.2. The van der Waals surface area contributed by atoms with Crippen molar-refractivity contribution in [1.82, 2.24) is 20.7 Å². The van der Waals surface area contributed by atoms with E-state index in [-0.39, 0.29) is 11.6 Å². The highest BCUT2D eigenvalue weighted by Crippen LogP contribution is 2.11. The largest absolute Gasteiger partial charge is 0.321 e. The summed E-state index contributed by atoms with van der Waals surface area (Å²) in [7, 11) is 0. The normalized spacial score (nSPS) is 10.3. The monoisotopic (exact) mass is 245 g/mol. The molecule has 18 heavy (non-hydrogen) atoms. The van der Waals surface area contributed by atoms with E-state index in [0.29, 0.717) is 0 Å². The lowest BCUT2D eigenvalue weighted by Crippen LogP contribution is -2.14. The Bertz CT molecular complexity index is 509. The predicted molar refractivity (Wildman–Crippen MR) is 68.2 cm³/mol. The summed E-state index contributed by atoms with van der Waals surface area (Å²) < 4.78 is 0. The predicted octanol–water partition coefficient (Wildman–Crippen LogP) is 1.17. The van der Waals surface area contributed by atoms with E-state index in [1.54, 1.807) is 0 Å². The Balaban J connectivity index is 2.03. The van der Waals surface area contributed by atoms with Crippen LogP contribution in [0, 0.1) is 0 Å². The van der Waals surface area contributed by atoms with Crippen molar-refractivity contribution < 1.29 is 4.79 Å². The first-order valence-corrected chi connectivity index (χ1v) is 5.76. The number of nitrogens with one attached hydrogen (secondary N) is 3. The van der Waals surface area contributed by atoms with E-state index < -0.39 is 0 Å². The second kappa shape index (κ2) is 5.92. The van der Waals surface area contributed by atoms with Crippen LogP contribution in [-0.4, -0.2) is 27.9 Å². The van der Waals surface area contributed by atoms with Gasteiger partial charge in [-0.25, -0.2) is 0 Å². The van der Waals surface area contributed by atoms with Gasteiger partial charge in [-0.15, -0.1) is 0 Å². The molecule has 1 aromatic carbocycles. The summed E-state index contributed by atoms with van der Waals surface area (Å²) in [6, 6.07) is 7.69. The van der Waals surface area contributed by atoms with E-state index in [9.17, 15) is 4.79 Å². The van der Waals surface area contributed by atoms with Gasteiger partial charge >= 0.3 is 0 Å². The lowest BCUT2D eigenvalue weighted by atomic mass is 10.2.